The molecule has 0 amide bonds. The summed E-state index contributed by atoms with van der Waals surface area (Å²) in [5.74, 6) is -0.811. The minimum atomic E-state index is -1.59. The third-order valence-electron chi connectivity index (χ3n) is 5.35. The largest absolute Gasteiger partial charge is 0.256 e. The number of nitrogens with zero attached hydrogens (tertiary/aromatic N) is 1. The summed E-state index contributed by atoms with van der Waals surface area (Å²) in [5.41, 5.74) is 0.525. The van der Waals surface area contributed by atoms with Crippen molar-refractivity contribution < 1.29 is 8.78 Å². The highest BCUT2D eigenvalue weighted by Crippen LogP contribution is 2.47. The maximum absolute atomic E-state index is 16.2. The van der Waals surface area contributed by atoms with Gasteiger partial charge in [-0.3, -0.25) is 4.98 Å². The molecule has 2 unspecified atom stereocenters. The molecular formula is C24H27F2N. The van der Waals surface area contributed by atoms with Crippen LogP contribution >= 0.6 is 0 Å². The standard InChI is InChI=1S/C24H27F2N/c1-4-6-13-24(26,12-5-2)21-16-22(25)17(3)15-20(21)23-19-10-8-7-9-18(19)11-14-27-23/h6-11,13-15,21H,4-5,12,16H2,1-3H3. The first-order valence-electron chi connectivity index (χ1n) is 9.77. The molecule has 0 spiro atoms. The zero-order valence-corrected chi connectivity index (χ0v) is 16.3. The third kappa shape index (κ3) is 3.87. The second-order valence-corrected chi connectivity index (χ2v) is 7.31. The lowest BCUT2D eigenvalue weighted by Crippen LogP contribution is -2.34. The first-order chi connectivity index (χ1) is 13.0. The minimum Gasteiger partial charge on any atom is -0.256 e. The average molecular weight is 367 g/mol. The Hall–Kier alpha value is -2.29. The van der Waals surface area contributed by atoms with E-state index < -0.39 is 11.6 Å². The van der Waals surface area contributed by atoms with E-state index in [0.29, 0.717) is 18.4 Å². The van der Waals surface area contributed by atoms with Gasteiger partial charge in [0.2, 0.25) is 0 Å². The summed E-state index contributed by atoms with van der Waals surface area (Å²) in [4.78, 5) is 4.59. The summed E-state index contributed by atoms with van der Waals surface area (Å²) in [6, 6.07) is 9.91. The average Bonchev–Trinajstić information content (AvgIpc) is 2.68. The molecule has 1 aliphatic rings. The van der Waals surface area contributed by atoms with Gasteiger partial charge in [0.25, 0.3) is 0 Å². The molecule has 1 aromatic heterocycles. The molecule has 0 radical (unpaired) electrons. The van der Waals surface area contributed by atoms with Gasteiger partial charge in [-0.2, -0.15) is 0 Å². The molecule has 0 fully saturated rings. The SMILES string of the molecule is CCC=CC(F)(CCC)C1CC(F)=C(C)C=C1c1nccc2ccccc12. The number of pyridine rings is 1. The molecular weight excluding hydrogens is 340 g/mol. The number of halogens is 2. The van der Waals surface area contributed by atoms with Crippen LogP contribution in [0.15, 0.2) is 66.2 Å². The Kier molecular flexibility index (Phi) is 5.88. The molecule has 1 aliphatic carbocycles. The van der Waals surface area contributed by atoms with Gasteiger partial charge in [-0.05, 0) is 42.4 Å². The van der Waals surface area contributed by atoms with Crippen LogP contribution in [0.3, 0.4) is 0 Å². The molecule has 3 heteroatoms. The lowest BCUT2D eigenvalue weighted by Gasteiger charge is -2.35. The number of hydrogen-bond acceptors (Lipinski definition) is 1. The molecule has 3 rings (SSSR count). The predicted molar refractivity (Wildman–Crippen MR) is 110 cm³/mol. The van der Waals surface area contributed by atoms with Gasteiger partial charge in [0.05, 0.1) is 5.69 Å². The quantitative estimate of drug-likeness (QED) is 0.486. The number of allylic oxidation sites excluding steroid dienone is 6. The van der Waals surface area contributed by atoms with Gasteiger partial charge in [-0.15, -0.1) is 0 Å². The van der Waals surface area contributed by atoms with E-state index >= 15 is 4.39 Å². The number of rotatable bonds is 6. The number of hydrogen-bond donors (Lipinski definition) is 0. The van der Waals surface area contributed by atoms with Crippen LogP contribution in [0, 0.1) is 5.92 Å². The van der Waals surface area contributed by atoms with Crippen LogP contribution in [0.4, 0.5) is 8.78 Å². The van der Waals surface area contributed by atoms with Crippen molar-refractivity contribution in [2.75, 3.05) is 0 Å². The summed E-state index contributed by atoms with van der Waals surface area (Å²) in [6.45, 7) is 5.70. The van der Waals surface area contributed by atoms with E-state index in [4.69, 9.17) is 0 Å². The van der Waals surface area contributed by atoms with Crippen LogP contribution in [-0.2, 0) is 0 Å². The fraction of sp³-hybridized carbons (Fsp3) is 0.375. The van der Waals surface area contributed by atoms with Crippen LogP contribution in [0.25, 0.3) is 16.3 Å². The molecule has 0 N–H and O–H groups in total. The molecule has 1 nitrogen and oxygen atoms in total. The molecule has 0 bridgehead atoms. The molecule has 2 aromatic rings. The second kappa shape index (κ2) is 8.16. The molecule has 2 atom stereocenters. The predicted octanol–water partition coefficient (Wildman–Crippen LogP) is 7.36. The van der Waals surface area contributed by atoms with Gasteiger partial charge in [0.1, 0.15) is 11.5 Å². The maximum Gasteiger partial charge on any atom is 0.136 e. The van der Waals surface area contributed by atoms with Crippen LogP contribution in [0.2, 0.25) is 0 Å². The van der Waals surface area contributed by atoms with Crippen molar-refractivity contribution in [2.24, 2.45) is 5.92 Å². The fourth-order valence-electron chi connectivity index (χ4n) is 3.94. The van der Waals surface area contributed by atoms with Gasteiger partial charge in [0.15, 0.2) is 0 Å². The summed E-state index contributed by atoms with van der Waals surface area (Å²) in [5, 5.41) is 2.03. The molecule has 142 valence electrons. The molecule has 1 heterocycles. The van der Waals surface area contributed by atoms with Crippen molar-refractivity contribution in [1.82, 2.24) is 4.98 Å². The van der Waals surface area contributed by atoms with Gasteiger partial charge < -0.3 is 0 Å². The summed E-state index contributed by atoms with van der Waals surface area (Å²) in [6.07, 6.45) is 8.94. The highest BCUT2D eigenvalue weighted by atomic mass is 19.1. The molecule has 1 aromatic carbocycles. The smallest absolute Gasteiger partial charge is 0.136 e. The molecule has 0 saturated carbocycles. The van der Waals surface area contributed by atoms with Crippen molar-refractivity contribution in [3.63, 3.8) is 0 Å². The molecule has 0 aliphatic heterocycles. The van der Waals surface area contributed by atoms with E-state index in [-0.39, 0.29) is 12.2 Å². The first kappa shape index (κ1) is 19.5. The van der Waals surface area contributed by atoms with Crippen LogP contribution in [-0.4, -0.2) is 10.7 Å². The monoisotopic (exact) mass is 367 g/mol. The fourth-order valence-corrected chi connectivity index (χ4v) is 3.94. The van der Waals surface area contributed by atoms with E-state index in [9.17, 15) is 4.39 Å². The summed E-state index contributed by atoms with van der Waals surface area (Å²) >= 11 is 0. The topological polar surface area (TPSA) is 12.9 Å². The minimum absolute atomic E-state index is 0.0765. The van der Waals surface area contributed by atoms with E-state index in [1.807, 2.05) is 50.3 Å². The number of fused-ring (bicyclic) bond motifs is 1. The highest BCUT2D eigenvalue weighted by molar-refractivity contribution is 5.93. The second-order valence-electron chi connectivity index (χ2n) is 7.31. The van der Waals surface area contributed by atoms with E-state index in [1.54, 1.807) is 25.3 Å². The Balaban J connectivity index is 2.19. The normalized spacial score (nSPS) is 20.2. The lowest BCUT2D eigenvalue weighted by atomic mass is 9.73. The molecule has 27 heavy (non-hydrogen) atoms. The number of aromatic nitrogens is 1. The first-order valence-corrected chi connectivity index (χ1v) is 9.77. The number of alkyl halides is 1. The van der Waals surface area contributed by atoms with Gasteiger partial charge in [-0.1, -0.05) is 62.8 Å². The van der Waals surface area contributed by atoms with Gasteiger partial charge in [-0.25, -0.2) is 8.78 Å². The van der Waals surface area contributed by atoms with Crippen LogP contribution in [0.1, 0.15) is 52.1 Å². The van der Waals surface area contributed by atoms with E-state index in [2.05, 4.69) is 4.98 Å². The Morgan fingerprint density at radius 2 is 2.00 bits per heavy atom. The summed E-state index contributed by atoms with van der Waals surface area (Å²) < 4.78 is 30.7. The maximum atomic E-state index is 16.2. The third-order valence-corrected chi connectivity index (χ3v) is 5.35. The Morgan fingerprint density at radius 3 is 2.74 bits per heavy atom. The van der Waals surface area contributed by atoms with Crippen molar-refractivity contribution in [3.05, 3.63) is 71.9 Å². The van der Waals surface area contributed by atoms with Crippen molar-refractivity contribution >= 4 is 16.3 Å². The summed E-state index contributed by atoms with van der Waals surface area (Å²) in [7, 11) is 0. The Morgan fingerprint density at radius 1 is 1.22 bits per heavy atom. The van der Waals surface area contributed by atoms with Crippen LogP contribution in [0.5, 0.6) is 0 Å². The van der Waals surface area contributed by atoms with E-state index in [1.165, 1.54) is 0 Å². The molecule has 0 saturated heterocycles. The zero-order chi connectivity index (χ0) is 19.4. The lowest BCUT2D eigenvalue weighted by molar-refractivity contribution is 0.150. The van der Waals surface area contributed by atoms with Crippen LogP contribution < -0.4 is 0 Å². The number of benzene rings is 1. The highest BCUT2D eigenvalue weighted by Gasteiger charge is 2.41. The zero-order valence-electron chi connectivity index (χ0n) is 16.3. The van der Waals surface area contributed by atoms with Crippen molar-refractivity contribution in [1.29, 1.82) is 0 Å². The van der Waals surface area contributed by atoms with Gasteiger partial charge >= 0.3 is 0 Å². The Labute approximate surface area is 160 Å². The van der Waals surface area contributed by atoms with E-state index in [0.717, 1.165) is 28.5 Å². The Bertz CT molecular complexity index is 904. The van der Waals surface area contributed by atoms with Crippen molar-refractivity contribution in [2.45, 2.75) is 52.1 Å². The van der Waals surface area contributed by atoms with Gasteiger partial charge in [0, 0.05) is 23.9 Å². The van der Waals surface area contributed by atoms with Crippen molar-refractivity contribution in [3.8, 4) is 0 Å².